The Morgan fingerprint density at radius 3 is 2.83 bits per heavy atom. The molecule has 0 bridgehead atoms. The number of carbonyl (C=O) groups excluding carboxylic acids is 1. The van der Waals surface area contributed by atoms with Crippen molar-refractivity contribution in [2.24, 2.45) is 17.6 Å². The predicted octanol–water partition coefficient (Wildman–Crippen LogP) is 1.44. The third-order valence-electron chi connectivity index (χ3n) is 4.41. The van der Waals surface area contributed by atoms with Crippen LogP contribution in [0.1, 0.15) is 45.4 Å². The minimum Gasteiger partial charge on any atom is -0.379 e. The molecule has 1 heterocycles. The first kappa shape index (κ1) is 13.8. The summed E-state index contributed by atoms with van der Waals surface area (Å²) in [6.45, 7) is 4.18. The van der Waals surface area contributed by atoms with Crippen molar-refractivity contribution in [3.8, 4) is 0 Å². The summed E-state index contributed by atoms with van der Waals surface area (Å²) in [5, 5.41) is 3.21. The van der Waals surface area contributed by atoms with Crippen LogP contribution in [0.3, 0.4) is 0 Å². The number of amides is 1. The third kappa shape index (κ3) is 3.23. The van der Waals surface area contributed by atoms with Gasteiger partial charge in [0.25, 0.3) is 0 Å². The number of carbonyl (C=O) groups is 1. The second-order valence-electron chi connectivity index (χ2n) is 6.09. The molecule has 1 amide bonds. The monoisotopic (exact) mass is 254 g/mol. The van der Waals surface area contributed by atoms with E-state index in [-0.39, 0.29) is 17.4 Å². The van der Waals surface area contributed by atoms with Gasteiger partial charge < -0.3 is 15.8 Å². The highest BCUT2D eigenvalue weighted by molar-refractivity contribution is 5.79. The first-order chi connectivity index (χ1) is 8.64. The number of hydrogen-bond donors (Lipinski definition) is 2. The lowest BCUT2D eigenvalue weighted by molar-refractivity contribution is -0.131. The van der Waals surface area contributed by atoms with Gasteiger partial charge in [0.1, 0.15) is 0 Å². The van der Waals surface area contributed by atoms with Crippen molar-refractivity contribution in [2.45, 2.75) is 51.0 Å². The topological polar surface area (TPSA) is 64.4 Å². The van der Waals surface area contributed by atoms with Gasteiger partial charge in [-0.25, -0.2) is 0 Å². The van der Waals surface area contributed by atoms with E-state index in [1.54, 1.807) is 0 Å². The van der Waals surface area contributed by atoms with E-state index in [0.717, 1.165) is 38.7 Å². The fourth-order valence-corrected chi connectivity index (χ4v) is 3.26. The molecule has 2 aliphatic rings. The van der Waals surface area contributed by atoms with Gasteiger partial charge in [-0.3, -0.25) is 4.79 Å². The molecule has 4 nitrogen and oxygen atoms in total. The first-order valence-corrected chi connectivity index (χ1v) is 7.24. The molecule has 18 heavy (non-hydrogen) atoms. The molecule has 3 N–H and O–H groups in total. The smallest absolute Gasteiger partial charge is 0.223 e. The summed E-state index contributed by atoms with van der Waals surface area (Å²) in [5.41, 5.74) is 5.62. The largest absolute Gasteiger partial charge is 0.379 e. The van der Waals surface area contributed by atoms with E-state index in [9.17, 15) is 4.79 Å². The van der Waals surface area contributed by atoms with Crippen molar-refractivity contribution in [1.29, 1.82) is 0 Å². The molecule has 1 aliphatic heterocycles. The lowest BCUT2D eigenvalue weighted by atomic mass is 9.78. The van der Waals surface area contributed by atoms with Crippen molar-refractivity contribution < 1.29 is 9.53 Å². The lowest BCUT2D eigenvalue weighted by Crippen LogP contribution is -2.54. The summed E-state index contributed by atoms with van der Waals surface area (Å²) in [6, 6.07) is 0. The van der Waals surface area contributed by atoms with Gasteiger partial charge in [-0.1, -0.05) is 12.8 Å². The van der Waals surface area contributed by atoms with Crippen LogP contribution in [0.4, 0.5) is 0 Å². The number of nitrogens with two attached hydrogens (primary N) is 1. The van der Waals surface area contributed by atoms with E-state index in [1.807, 2.05) is 0 Å². The maximum atomic E-state index is 12.4. The Bertz CT molecular complexity index is 288. The van der Waals surface area contributed by atoms with Crippen molar-refractivity contribution in [3.63, 3.8) is 0 Å². The zero-order chi connectivity index (χ0) is 13.0. The van der Waals surface area contributed by atoms with E-state index in [4.69, 9.17) is 10.5 Å². The highest BCUT2D eigenvalue weighted by Crippen LogP contribution is 2.30. The second kappa shape index (κ2) is 6.02. The molecule has 104 valence electrons. The van der Waals surface area contributed by atoms with Gasteiger partial charge in [-0.2, -0.15) is 0 Å². The number of ether oxygens (including phenoxy) is 1. The normalized spacial score (nSPS) is 37.2. The molecule has 0 aromatic carbocycles. The van der Waals surface area contributed by atoms with Gasteiger partial charge >= 0.3 is 0 Å². The molecule has 0 radical (unpaired) electrons. The highest BCUT2D eigenvalue weighted by Gasteiger charge is 2.35. The van der Waals surface area contributed by atoms with Crippen molar-refractivity contribution in [1.82, 2.24) is 5.32 Å². The summed E-state index contributed by atoms with van der Waals surface area (Å²) >= 11 is 0. The molecule has 1 saturated carbocycles. The van der Waals surface area contributed by atoms with Crippen molar-refractivity contribution in [3.05, 3.63) is 0 Å². The van der Waals surface area contributed by atoms with E-state index in [2.05, 4.69) is 12.2 Å². The summed E-state index contributed by atoms with van der Waals surface area (Å²) in [4.78, 5) is 12.4. The van der Waals surface area contributed by atoms with Crippen LogP contribution in [0, 0.1) is 11.8 Å². The number of nitrogens with one attached hydrogen (secondary N) is 1. The molecule has 0 aromatic rings. The summed E-state index contributed by atoms with van der Waals surface area (Å²) in [6.07, 6.45) is 6.50. The fourth-order valence-electron chi connectivity index (χ4n) is 3.26. The standard InChI is InChI=1S/C14H26N2O2/c1-14(7-4-8-18-10-14)16-13(17)12-6-3-2-5-11(12)9-15/h11-12H,2-10,15H2,1H3,(H,16,17). The Balaban J connectivity index is 1.93. The molecule has 4 heteroatoms. The molecule has 1 saturated heterocycles. The summed E-state index contributed by atoms with van der Waals surface area (Å²) in [7, 11) is 0. The lowest BCUT2D eigenvalue weighted by Gasteiger charge is -2.37. The van der Waals surface area contributed by atoms with E-state index in [1.165, 1.54) is 6.42 Å². The first-order valence-electron chi connectivity index (χ1n) is 7.24. The molecule has 3 atom stereocenters. The Morgan fingerprint density at radius 1 is 1.39 bits per heavy atom. The maximum Gasteiger partial charge on any atom is 0.223 e. The predicted molar refractivity (Wildman–Crippen MR) is 71.1 cm³/mol. The molecule has 3 unspecified atom stereocenters. The van der Waals surface area contributed by atoms with Gasteiger partial charge in [0.2, 0.25) is 5.91 Å². The Labute approximate surface area is 110 Å². The van der Waals surface area contributed by atoms with Crippen LogP contribution in [0.5, 0.6) is 0 Å². The zero-order valence-corrected chi connectivity index (χ0v) is 11.4. The second-order valence-corrected chi connectivity index (χ2v) is 6.09. The average molecular weight is 254 g/mol. The van der Waals surface area contributed by atoms with Crippen molar-refractivity contribution >= 4 is 5.91 Å². The van der Waals surface area contributed by atoms with Crippen LogP contribution in [0.15, 0.2) is 0 Å². The fraction of sp³-hybridized carbons (Fsp3) is 0.929. The SMILES string of the molecule is CC1(NC(=O)C2CCCCC2CN)CCCOC1. The van der Waals surface area contributed by atoms with Gasteiger partial charge in [0, 0.05) is 12.5 Å². The minimum atomic E-state index is -0.175. The molecular formula is C14H26N2O2. The van der Waals surface area contributed by atoms with Gasteiger partial charge in [0.15, 0.2) is 0 Å². The molecule has 0 spiro atoms. The highest BCUT2D eigenvalue weighted by atomic mass is 16.5. The van der Waals surface area contributed by atoms with E-state index < -0.39 is 0 Å². The summed E-state index contributed by atoms with van der Waals surface area (Å²) < 4.78 is 5.49. The third-order valence-corrected chi connectivity index (χ3v) is 4.41. The van der Waals surface area contributed by atoms with Crippen LogP contribution in [-0.4, -0.2) is 31.2 Å². The molecule has 2 rings (SSSR count). The Morgan fingerprint density at radius 2 is 2.17 bits per heavy atom. The zero-order valence-electron chi connectivity index (χ0n) is 11.4. The van der Waals surface area contributed by atoms with Crippen LogP contribution < -0.4 is 11.1 Å². The maximum absolute atomic E-state index is 12.4. The van der Waals surface area contributed by atoms with Gasteiger partial charge in [0.05, 0.1) is 12.1 Å². The van der Waals surface area contributed by atoms with Gasteiger partial charge in [-0.15, -0.1) is 0 Å². The number of hydrogen-bond acceptors (Lipinski definition) is 3. The van der Waals surface area contributed by atoms with E-state index >= 15 is 0 Å². The average Bonchev–Trinajstić information content (AvgIpc) is 2.39. The van der Waals surface area contributed by atoms with Gasteiger partial charge in [-0.05, 0) is 45.1 Å². The van der Waals surface area contributed by atoms with E-state index in [0.29, 0.717) is 19.1 Å². The quantitative estimate of drug-likeness (QED) is 0.801. The van der Waals surface area contributed by atoms with Crippen LogP contribution in [-0.2, 0) is 9.53 Å². The van der Waals surface area contributed by atoms with Crippen LogP contribution >= 0.6 is 0 Å². The minimum absolute atomic E-state index is 0.113. The molecular weight excluding hydrogens is 228 g/mol. The van der Waals surface area contributed by atoms with Crippen LogP contribution in [0.25, 0.3) is 0 Å². The van der Waals surface area contributed by atoms with Crippen molar-refractivity contribution in [2.75, 3.05) is 19.8 Å². The Hall–Kier alpha value is -0.610. The van der Waals surface area contributed by atoms with Crippen LogP contribution in [0.2, 0.25) is 0 Å². The molecule has 0 aromatic heterocycles. The Kier molecular flexibility index (Phi) is 4.62. The number of rotatable bonds is 3. The molecule has 2 fully saturated rings. The summed E-state index contributed by atoms with van der Waals surface area (Å²) in [5.74, 6) is 0.674. The molecule has 1 aliphatic carbocycles.